The molecule has 120 valence electrons. The summed E-state index contributed by atoms with van der Waals surface area (Å²) in [4.78, 5) is 12.7. The third-order valence-electron chi connectivity index (χ3n) is 3.34. The molecule has 0 radical (unpaired) electrons. The van der Waals surface area contributed by atoms with Gasteiger partial charge in [0, 0.05) is 13.1 Å². The quantitative estimate of drug-likeness (QED) is 0.641. The van der Waals surface area contributed by atoms with Crippen LogP contribution in [0, 0.1) is 3.95 Å². The number of nitrogens with one attached hydrogen (secondary N) is 1. The van der Waals surface area contributed by atoms with Crippen molar-refractivity contribution in [2.75, 3.05) is 12.5 Å². The number of anilines is 1. The second-order valence-corrected chi connectivity index (χ2v) is 6.50. The number of carbonyl (C=O) groups is 1. The lowest BCUT2D eigenvalue weighted by atomic mass is 10.2. The fraction of sp³-hybridized carbons (Fsp3) is 0.200. The molecular formula is C15H15N3O3S2. The molecule has 2 heterocycles. The average molecular weight is 349 g/mol. The summed E-state index contributed by atoms with van der Waals surface area (Å²) in [6.07, 6.45) is 1.69. The Morgan fingerprint density at radius 3 is 3.04 bits per heavy atom. The highest BCUT2D eigenvalue weighted by Gasteiger charge is 2.17. The lowest BCUT2D eigenvalue weighted by Crippen LogP contribution is -2.23. The van der Waals surface area contributed by atoms with E-state index in [1.807, 2.05) is 18.2 Å². The molecule has 8 heteroatoms. The predicted molar refractivity (Wildman–Crippen MR) is 91.5 cm³/mol. The third kappa shape index (κ3) is 3.08. The van der Waals surface area contributed by atoms with Gasteiger partial charge in [-0.25, -0.2) is 0 Å². The minimum absolute atomic E-state index is 0.224. The molecule has 1 aromatic heterocycles. The van der Waals surface area contributed by atoms with Crippen LogP contribution in [0.3, 0.4) is 0 Å². The van der Waals surface area contributed by atoms with Gasteiger partial charge in [0.15, 0.2) is 15.5 Å². The number of nitrogens with zero attached hydrogens (tertiary/aromatic N) is 1. The van der Waals surface area contributed by atoms with Gasteiger partial charge in [-0.15, -0.1) is 6.58 Å². The van der Waals surface area contributed by atoms with Gasteiger partial charge in [-0.05, 0) is 29.9 Å². The van der Waals surface area contributed by atoms with E-state index in [0.29, 0.717) is 39.2 Å². The van der Waals surface area contributed by atoms with Crippen LogP contribution in [0.15, 0.2) is 30.9 Å². The third-order valence-corrected chi connectivity index (χ3v) is 4.81. The van der Waals surface area contributed by atoms with Gasteiger partial charge >= 0.3 is 0 Å². The van der Waals surface area contributed by atoms with E-state index in [4.69, 9.17) is 27.4 Å². The molecule has 0 saturated heterocycles. The number of ether oxygens (including phenoxy) is 2. The molecule has 6 nitrogen and oxygen atoms in total. The number of carbonyl (C=O) groups excluding carboxylic acids is 1. The van der Waals surface area contributed by atoms with Gasteiger partial charge in [0.1, 0.15) is 10.7 Å². The zero-order chi connectivity index (χ0) is 16.4. The number of benzene rings is 1. The summed E-state index contributed by atoms with van der Waals surface area (Å²) in [7, 11) is 0. The molecule has 3 N–H and O–H groups in total. The van der Waals surface area contributed by atoms with Crippen molar-refractivity contribution in [3.05, 3.63) is 45.2 Å². The van der Waals surface area contributed by atoms with Crippen LogP contribution in [0.1, 0.15) is 15.2 Å². The Balaban J connectivity index is 1.71. The minimum Gasteiger partial charge on any atom is -0.454 e. The number of hydrogen-bond acceptors (Lipinski definition) is 6. The fourth-order valence-electron chi connectivity index (χ4n) is 2.19. The topological polar surface area (TPSA) is 78.5 Å². The number of nitrogens with two attached hydrogens (primary N) is 1. The molecule has 0 atom stereocenters. The smallest absolute Gasteiger partial charge is 0.265 e. The Kier molecular flexibility index (Phi) is 4.35. The molecule has 1 aromatic carbocycles. The van der Waals surface area contributed by atoms with Gasteiger partial charge in [-0.1, -0.05) is 23.5 Å². The maximum absolute atomic E-state index is 12.3. The van der Waals surface area contributed by atoms with Crippen molar-refractivity contribution in [2.24, 2.45) is 0 Å². The van der Waals surface area contributed by atoms with Crippen molar-refractivity contribution in [1.29, 1.82) is 0 Å². The largest absolute Gasteiger partial charge is 0.454 e. The first kappa shape index (κ1) is 15.6. The van der Waals surface area contributed by atoms with E-state index < -0.39 is 0 Å². The van der Waals surface area contributed by atoms with Crippen molar-refractivity contribution >= 4 is 35.3 Å². The Morgan fingerprint density at radius 2 is 2.26 bits per heavy atom. The molecule has 0 saturated carbocycles. The molecule has 1 amide bonds. The number of aromatic nitrogens is 1. The number of amides is 1. The van der Waals surface area contributed by atoms with Crippen LogP contribution >= 0.6 is 23.6 Å². The van der Waals surface area contributed by atoms with Crippen LogP contribution in [-0.2, 0) is 13.1 Å². The van der Waals surface area contributed by atoms with Crippen LogP contribution in [0.4, 0.5) is 5.82 Å². The van der Waals surface area contributed by atoms with E-state index >= 15 is 0 Å². The highest BCUT2D eigenvalue weighted by molar-refractivity contribution is 7.73. The van der Waals surface area contributed by atoms with Crippen LogP contribution < -0.4 is 20.5 Å². The first-order valence-corrected chi connectivity index (χ1v) is 8.09. The lowest BCUT2D eigenvalue weighted by Gasteiger charge is -2.06. The summed E-state index contributed by atoms with van der Waals surface area (Å²) >= 11 is 6.41. The number of nitrogen functional groups attached to an aromatic ring is 1. The van der Waals surface area contributed by atoms with E-state index in [9.17, 15) is 4.79 Å². The minimum atomic E-state index is -0.251. The predicted octanol–water partition coefficient (Wildman–Crippen LogP) is 2.71. The summed E-state index contributed by atoms with van der Waals surface area (Å²) in [5.74, 6) is 1.51. The summed E-state index contributed by atoms with van der Waals surface area (Å²) < 4.78 is 12.8. The van der Waals surface area contributed by atoms with Crippen LogP contribution in [-0.4, -0.2) is 17.3 Å². The van der Waals surface area contributed by atoms with Crippen molar-refractivity contribution in [3.63, 3.8) is 0 Å². The summed E-state index contributed by atoms with van der Waals surface area (Å²) in [5, 5.41) is 2.84. The van der Waals surface area contributed by atoms with Crippen molar-refractivity contribution in [1.82, 2.24) is 9.88 Å². The highest BCUT2D eigenvalue weighted by atomic mass is 32.1. The fourth-order valence-corrected chi connectivity index (χ4v) is 3.45. The lowest BCUT2D eigenvalue weighted by molar-refractivity contribution is 0.0955. The molecule has 3 rings (SSSR count). The summed E-state index contributed by atoms with van der Waals surface area (Å²) in [6, 6.07) is 5.54. The van der Waals surface area contributed by atoms with Gasteiger partial charge in [0.2, 0.25) is 6.79 Å². The molecule has 23 heavy (non-hydrogen) atoms. The Bertz CT molecular complexity index is 826. The van der Waals surface area contributed by atoms with E-state index in [-0.39, 0.29) is 12.7 Å². The molecule has 0 fully saturated rings. The second-order valence-electron chi connectivity index (χ2n) is 4.85. The van der Waals surface area contributed by atoms with Crippen LogP contribution in [0.2, 0.25) is 0 Å². The number of rotatable bonds is 5. The monoisotopic (exact) mass is 349 g/mol. The molecule has 0 unspecified atom stereocenters. The second kappa shape index (κ2) is 6.43. The molecule has 0 spiro atoms. The highest BCUT2D eigenvalue weighted by Crippen LogP contribution is 2.32. The van der Waals surface area contributed by atoms with Crippen molar-refractivity contribution in [3.8, 4) is 11.5 Å². The zero-order valence-electron chi connectivity index (χ0n) is 12.2. The van der Waals surface area contributed by atoms with Crippen LogP contribution in [0.5, 0.6) is 11.5 Å². The summed E-state index contributed by atoms with van der Waals surface area (Å²) in [5.41, 5.74) is 6.91. The van der Waals surface area contributed by atoms with Gasteiger partial charge in [-0.2, -0.15) is 0 Å². The first-order valence-electron chi connectivity index (χ1n) is 6.87. The number of hydrogen-bond donors (Lipinski definition) is 2. The van der Waals surface area contributed by atoms with E-state index in [0.717, 1.165) is 5.56 Å². The Hall–Kier alpha value is -2.32. The molecule has 2 aromatic rings. The standard InChI is InChI=1S/C15H15N3O3S2/c1-2-5-18-13(16)12(23-15(18)22)14(19)17-7-9-3-4-10-11(6-9)21-8-20-10/h2-4,6H,1,5,7-8,16H2,(H,17,19). The van der Waals surface area contributed by atoms with Gasteiger partial charge < -0.3 is 25.1 Å². The molecule has 1 aliphatic heterocycles. The summed E-state index contributed by atoms with van der Waals surface area (Å²) in [6.45, 7) is 4.73. The van der Waals surface area contributed by atoms with Crippen molar-refractivity contribution < 1.29 is 14.3 Å². The maximum Gasteiger partial charge on any atom is 0.265 e. The average Bonchev–Trinajstić information content (AvgIpc) is 3.12. The molecular weight excluding hydrogens is 334 g/mol. The van der Waals surface area contributed by atoms with Gasteiger partial charge in [-0.3, -0.25) is 4.79 Å². The van der Waals surface area contributed by atoms with E-state index in [1.54, 1.807) is 10.6 Å². The number of allylic oxidation sites excluding steroid dienone is 1. The first-order chi connectivity index (χ1) is 11.1. The van der Waals surface area contributed by atoms with Crippen molar-refractivity contribution in [2.45, 2.75) is 13.1 Å². The normalized spacial score (nSPS) is 12.2. The Labute approximate surface area is 142 Å². The molecule has 0 aliphatic carbocycles. The zero-order valence-corrected chi connectivity index (χ0v) is 13.8. The van der Waals surface area contributed by atoms with E-state index in [1.165, 1.54) is 11.3 Å². The SMILES string of the molecule is C=CCn1c(N)c(C(=O)NCc2ccc3c(c2)OCO3)sc1=S. The maximum atomic E-state index is 12.3. The van der Waals surface area contributed by atoms with Crippen LogP contribution in [0.25, 0.3) is 0 Å². The number of fused-ring (bicyclic) bond motifs is 1. The van der Waals surface area contributed by atoms with Gasteiger partial charge in [0.25, 0.3) is 5.91 Å². The Morgan fingerprint density at radius 1 is 1.48 bits per heavy atom. The molecule has 0 bridgehead atoms. The van der Waals surface area contributed by atoms with E-state index in [2.05, 4.69) is 11.9 Å². The van der Waals surface area contributed by atoms with Gasteiger partial charge in [0.05, 0.1) is 0 Å². The number of thiazole rings is 1. The molecule has 1 aliphatic rings.